The van der Waals surface area contributed by atoms with Crippen LogP contribution in [-0.4, -0.2) is 6.54 Å². The fourth-order valence-corrected chi connectivity index (χ4v) is 3.07. The van der Waals surface area contributed by atoms with Crippen LogP contribution < -0.4 is 10.6 Å². The first-order chi connectivity index (χ1) is 9.63. The number of nitrogens with zero attached hydrogens (tertiary/aromatic N) is 1. The molecule has 0 aromatic heterocycles. The maximum absolute atomic E-state index is 6.26. The molecule has 0 amide bonds. The van der Waals surface area contributed by atoms with Gasteiger partial charge in [0, 0.05) is 34.5 Å². The Morgan fingerprint density at radius 3 is 2.80 bits per heavy atom. The van der Waals surface area contributed by atoms with Crippen molar-refractivity contribution in [1.29, 1.82) is 0 Å². The molecule has 0 bridgehead atoms. The summed E-state index contributed by atoms with van der Waals surface area (Å²) in [4.78, 5) is 2.33. The van der Waals surface area contributed by atoms with Crippen LogP contribution in [0, 0.1) is 0 Å². The normalized spacial score (nSPS) is 14.2. The number of aryl methyl sites for hydroxylation is 1. The van der Waals surface area contributed by atoms with Crippen molar-refractivity contribution in [2.45, 2.75) is 19.4 Å². The summed E-state index contributed by atoms with van der Waals surface area (Å²) in [5, 5.41) is 1.47. The van der Waals surface area contributed by atoms with Crippen molar-refractivity contribution in [3.63, 3.8) is 0 Å². The van der Waals surface area contributed by atoms with E-state index in [2.05, 4.69) is 11.0 Å². The lowest BCUT2D eigenvalue weighted by Gasteiger charge is -2.32. The number of halogens is 2. The minimum Gasteiger partial charge on any atom is -0.399 e. The van der Waals surface area contributed by atoms with Gasteiger partial charge < -0.3 is 10.6 Å². The number of nitrogen functional groups attached to an aromatic ring is 1. The van der Waals surface area contributed by atoms with E-state index in [1.165, 1.54) is 11.3 Å². The smallest absolute Gasteiger partial charge is 0.0456 e. The van der Waals surface area contributed by atoms with E-state index in [9.17, 15) is 0 Å². The minimum atomic E-state index is 0.717. The second-order valence-electron chi connectivity index (χ2n) is 5.15. The molecule has 1 aliphatic heterocycles. The van der Waals surface area contributed by atoms with Gasteiger partial charge in [0.25, 0.3) is 0 Å². The van der Waals surface area contributed by atoms with Crippen molar-refractivity contribution in [3.8, 4) is 0 Å². The fourth-order valence-electron chi connectivity index (χ4n) is 2.70. The average molecular weight is 307 g/mol. The van der Waals surface area contributed by atoms with Gasteiger partial charge in [0.1, 0.15) is 0 Å². The third kappa shape index (κ3) is 2.72. The standard InChI is InChI=1S/C16H16Cl2N2/c17-13-4-6-15(18)12(8-13)10-20-7-1-2-11-3-5-14(19)9-16(11)20/h3-6,8-9H,1-2,7,10,19H2. The average Bonchev–Trinajstić information content (AvgIpc) is 2.43. The van der Waals surface area contributed by atoms with Crippen LogP contribution in [0.1, 0.15) is 17.5 Å². The SMILES string of the molecule is Nc1ccc2c(c1)N(Cc1cc(Cl)ccc1Cl)CCC2. The molecule has 1 heterocycles. The molecule has 104 valence electrons. The van der Waals surface area contributed by atoms with E-state index in [1.54, 1.807) is 0 Å². The zero-order chi connectivity index (χ0) is 14.1. The van der Waals surface area contributed by atoms with Crippen LogP contribution in [0.15, 0.2) is 36.4 Å². The summed E-state index contributed by atoms with van der Waals surface area (Å²) in [6.07, 6.45) is 2.25. The maximum atomic E-state index is 6.26. The Morgan fingerprint density at radius 1 is 1.10 bits per heavy atom. The molecule has 0 radical (unpaired) electrons. The Bertz CT molecular complexity index is 640. The highest BCUT2D eigenvalue weighted by Crippen LogP contribution is 2.32. The van der Waals surface area contributed by atoms with Crippen LogP contribution in [0.2, 0.25) is 10.0 Å². The van der Waals surface area contributed by atoms with E-state index < -0.39 is 0 Å². The summed E-state index contributed by atoms with van der Waals surface area (Å²) in [7, 11) is 0. The first kappa shape index (κ1) is 13.6. The molecule has 4 heteroatoms. The van der Waals surface area contributed by atoms with E-state index in [0.29, 0.717) is 5.02 Å². The number of rotatable bonds is 2. The molecule has 0 fully saturated rings. The summed E-state index contributed by atoms with van der Waals surface area (Å²) < 4.78 is 0. The van der Waals surface area contributed by atoms with Gasteiger partial charge in [-0.05, 0) is 54.3 Å². The number of nitrogens with two attached hydrogens (primary N) is 1. The summed E-state index contributed by atoms with van der Waals surface area (Å²) in [6.45, 7) is 1.77. The van der Waals surface area contributed by atoms with Crippen LogP contribution in [0.5, 0.6) is 0 Å². The molecule has 0 spiro atoms. The topological polar surface area (TPSA) is 29.3 Å². The molecule has 1 aliphatic rings. The van der Waals surface area contributed by atoms with Crippen LogP contribution in [0.3, 0.4) is 0 Å². The molecule has 2 nitrogen and oxygen atoms in total. The maximum Gasteiger partial charge on any atom is 0.0456 e. The largest absolute Gasteiger partial charge is 0.399 e. The van der Waals surface area contributed by atoms with Crippen molar-refractivity contribution >= 4 is 34.6 Å². The highest BCUT2D eigenvalue weighted by atomic mass is 35.5. The first-order valence-electron chi connectivity index (χ1n) is 6.71. The van der Waals surface area contributed by atoms with Gasteiger partial charge in [-0.3, -0.25) is 0 Å². The molecule has 0 saturated heterocycles. The van der Waals surface area contributed by atoms with E-state index in [1.807, 2.05) is 30.3 Å². The van der Waals surface area contributed by atoms with Crippen LogP contribution in [0.25, 0.3) is 0 Å². The molecule has 2 N–H and O–H groups in total. The zero-order valence-corrected chi connectivity index (χ0v) is 12.6. The third-order valence-electron chi connectivity index (χ3n) is 3.69. The van der Waals surface area contributed by atoms with Crippen LogP contribution >= 0.6 is 23.2 Å². The molecule has 2 aromatic carbocycles. The minimum absolute atomic E-state index is 0.717. The molecular formula is C16H16Cl2N2. The first-order valence-corrected chi connectivity index (χ1v) is 7.46. The van der Waals surface area contributed by atoms with Gasteiger partial charge in [0.15, 0.2) is 0 Å². The second kappa shape index (κ2) is 5.55. The summed E-state index contributed by atoms with van der Waals surface area (Å²) in [5.41, 5.74) is 10.3. The Labute approximate surface area is 129 Å². The summed E-state index contributed by atoms with van der Waals surface area (Å²) in [6, 6.07) is 11.7. The predicted octanol–water partition coefficient (Wildman–Crippen LogP) is 4.53. The summed E-state index contributed by atoms with van der Waals surface area (Å²) >= 11 is 12.3. The van der Waals surface area contributed by atoms with Gasteiger partial charge in [-0.2, -0.15) is 0 Å². The Kier molecular flexibility index (Phi) is 3.77. The number of hydrogen-bond acceptors (Lipinski definition) is 2. The van der Waals surface area contributed by atoms with Gasteiger partial charge in [-0.1, -0.05) is 29.3 Å². The molecule has 0 unspecified atom stereocenters. The predicted molar refractivity (Wildman–Crippen MR) is 86.7 cm³/mol. The molecular weight excluding hydrogens is 291 g/mol. The van der Waals surface area contributed by atoms with E-state index in [0.717, 1.165) is 42.2 Å². The fraction of sp³-hybridized carbons (Fsp3) is 0.250. The van der Waals surface area contributed by atoms with Crippen molar-refractivity contribution in [2.24, 2.45) is 0 Å². The molecule has 2 aromatic rings. The number of hydrogen-bond donors (Lipinski definition) is 1. The highest BCUT2D eigenvalue weighted by molar-refractivity contribution is 6.33. The Morgan fingerprint density at radius 2 is 1.95 bits per heavy atom. The van der Waals surface area contributed by atoms with Gasteiger partial charge >= 0.3 is 0 Å². The highest BCUT2D eigenvalue weighted by Gasteiger charge is 2.18. The molecule has 0 atom stereocenters. The lowest BCUT2D eigenvalue weighted by Crippen LogP contribution is -2.29. The lowest BCUT2D eigenvalue weighted by molar-refractivity contribution is 0.691. The van der Waals surface area contributed by atoms with Crippen LogP contribution in [-0.2, 0) is 13.0 Å². The van der Waals surface area contributed by atoms with Crippen LogP contribution in [0.4, 0.5) is 11.4 Å². The van der Waals surface area contributed by atoms with Gasteiger partial charge in [0.2, 0.25) is 0 Å². The quantitative estimate of drug-likeness (QED) is 0.826. The van der Waals surface area contributed by atoms with Gasteiger partial charge in [-0.15, -0.1) is 0 Å². The number of anilines is 2. The van der Waals surface area contributed by atoms with Crippen molar-refractivity contribution in [2.75, 3.05) is 17.2 Å². The van der Waals surface area contributed by atoms with Crippen molar-refractivity contribution < 1.29 is 0 Å². The van der Waals surface area contributed by atoms with Gasteiger partial charge in [0.05, 0.1) is 0 Å². The number of fused-ring (bicyclic) bond motifs is 1. The third-order valence-corrected chi connectivity index (χ3v) is 4.30. The van der Waals surface area contributed by atoms with Gasteiger partial charge in [-0.25, -0.2) is 0 Å². The Hall–Kier alpha value is -1.38. The van der Waals surface area contributed by atoms with Crippen molar-refractivity contribution in [1.82, 2.24) is 0 Å². The lowest BCUT2D eigenvalue weighted by atomic mass is 10.0. The number of benzene rings is 2. The molecule has 3 rings (SSSR count). The second-order valence-corrected chi connectivity index (χ2v) is 5.99. The Balaban J connectivity index is 1.93. The van der Waals surface area contributed by atoms with Crippen molar-refractivity contribution in [3.05, 3.63) is 57.6 Å². The monoisotopic (exact) mass is 306 g/mol. The van der Waals surface area contributed by atoms with E-state index >= 15 is 0 Å². The summed E-state index contributed by atoms with van der Waals surface area (Å²) in [5.74, 6) is 0. The van der Waals surface area contributed by atoms with E-state index in [-0.39, 0.29) is 0 Å². The molecule has 0 saturated carbocycles. The molecule has 20 heavy (non-hydrogen) atoms. The molecule has 0 aliphatic carbocycles. The zero-order valence-electron chi connectivity index (χ0n) is 11.1. The van der Waals surface area contributed by atoms with E-state index in [4.69, 9.17) is 28.9 Å².